The van der Waals surface area contributed by atoms with Crippen molar-refractivity contribution in [3.05, 3.63) is 87.2 Å². The first-order valence-electron chi connectivity index (χ1n) is 8.33. The number of hydrogen-bond donors (Lipinski definition) is 1. The van der Waals surface area contributed by atoms with E-state index in [2.05, 4.69) is 26.2 Å². The molecule has 0 fully saturated rings. The molecule has 0 aliphatic carbocycles. The maximum absolute atomic E-state index is 12.7. The van der Waals surface area contributed by atoms with Crippen LogP contribution in [0.2, 0.25) is 0 Å². The molecule has 2 heterocycles. The molecule has 4 nitrogen and oxygen atoms in total. The summed E-state index contributed by atoms with van der Waals surface area (Å²) in [6.07, 6.45) is 1.68. The largest absolute Gasteiger partial charge is 0.436 e. The van der Waals surface area contributed by atoms with Crippen molar-refractivity contribution in [1.29, 1.82) is 0 Å². The van der Waals surface area contributed by atoms with Gasteiger partial charge in [0.2, 0.25) is 5.89 Å². The summed E-state index contributed by atoms with van der Waals surface area (Å²) in [5.74, 6) is 0.936. The van der Waals surface area contributed by atoms with Gasteiger partial charge in [-0.2, -0.15) is 0 Å². The average molecular weight is 439 g/mol. The van der Waals surface area contributed by atoms with E-state index in [9.17, 15) is 4.79 Å². The second-order valence-corrected chi connectivity index (χ2v) is 7.67. The molecule has 6 heteroatoms. The van der Waals surface area contributed by atoms with Crippen LogP contribution in [-0.4, -0.2) is 10.9 Å². The molecule has 27 heavy (non-hydrogen) atoms. The number of oxazole rings is 1. The summed E-state index contributed by atoms with van der Waals surface area (Å²) in [6, 6.07) is 19.1. The number of amides is 1. The van der Waals surface area contributed by atoms with Gasteiger partial charge in [0.25, 0.3) is 5.91 Å². The minimum Gasteiger partial charge on any atom is -0.436 e. The van der Waals surface area contributed by atoms with Crippen LogP contribution in [0.5, 0.6) is 0 Å². The lowest BCUT2D eigenvalue weighted by Gasteiger charge is -2.08. The monoisotopic (exact) mass is 438 g/mol. The molecule has 0 saturated carbocycles. The second kappa shape index (κ2) is 7.90. The number of thiophene rings is 1. The minimum atomic E-state index is -0.162. The number of carbonyl (C=O) groups excluding carboxylic acids is 1. The maximum Gasteiger partial charge on any atom is 0.252 e. The summed E-state index contributed by atoms with van der Waals surface area (Å²) < 4.78 is 6.92. The normalized spacial score (nSPS) is 10.7. The number of nitrogens with zero attached hydrogens (tertiary/aromatic N) is 1. The molecule has 0 unspecified atom stereocenters. The highest BCUT2D eigenvalue weighted by Gasteiger charge is 2.17. The zero-order valence-electron chi connectivity index (χ0n) is 14.2. The third kappa shape index (κ3) is 3.86. The van der Waals surface area contributed by atoms with Gasteiger partial charge in [-0.05, 0) is 39.5 Å². The van der Waals surface area contributed by atoms with Crippen molar-refractivity contribution in [3.8, 4) is 22.8 Å². The van der Waals surface area contributed by atoms with E-state index in [0.717, 1.165) is 14.9 Å². The first kappa shape index (κ1) is 17.7. The van der Waals surface area contributed by atoms with Crippen LogP contribution >= 0.6 is 27.3 Å². The average Bonchev–Trinajstić information content (AvgIpc) is 3.36. The zero-order valence-corrected chi connectivity index (χ0v) is 16.6. The fraction of sp³-hybridized carbons (Fsp3) is 0.0476. The summed E-state index contributed by atoms with van der Waals surface area (Å²) in [5.41, 5.74) is 2.15. The van der Waals surface area contributed by atoms with Gasteiger partial charge in [0.05, 0.1) is 18.3 Å². The first-order valence-corrected chi connectivity index (χ1v) is 10.0. The summed E-state index contributed by atoms with van der Waals surface area (Å²) in [6.45, 7) is 0.465. The van der Waals surface area contributed by atoms with Crippen molar-refractivity contribution in [2.45, 2.75) is 6.54 Å². The lowest BCUT2D eigenvalue weighted by atomic mass is 10.1. The summed E-state index contributed by atoms with van der Waals surface area (Å²) in [4.78, 5) is 18.2. The third-order valence-corrected chi connectivity index (χ3v) is 5.99. The fourth-order valence-electron chi connectivity index (χ4n) is 2.71. The fourth-order valence-corrected chi connectivity index (χ4v) is 4.14. The molecule has 0 atom stereocenters. The lowest BCUT2D eigenvalue weighted by Crippen LogP contribution is -2.23. The lowest BCUT2D eigenvalue weighted by molar-refractivity contribution is 0.0951. The second-order valence-electron chi connectivity index (χ2n) is 5.82. The van der Waals surface area contributed by atoms with Crippen molar-refractivity contribution < 1.29 is 9.21 Å². The van der Waals surface area contributed by atoms with Crippen LogP contribution in [0.1, 0.15) is 15.2 Å². The highest BCUT2D eigenvalue weighted by atomic mass is 79.9. The number of hydrogen-bond acceptors (Lipinski definition) is 4. The number of benzene rings is 2. The van der Waals surface area contributed by atoms with E-state index >= 15 is 0 Å². The molecule has 1 amide bonds. The standard InChI is InChI=1S/C21H15BrN2O2S/c22-17-10-11-27-19(17)13-23-20(25)15-8-4-5-9-16(15)21-24-12-18(26-21)14-6-2-1-3-7-14/h1-12H,13H2,(H,23,25). The molecule has 0 saturated heterocycles. The molecule has 0 aliphatic heterocycles. The van der Waals surface area contributed by atoms with Crippen molar-refractivity contribution >= 4 is 33.2 Å². The highest BCUT2D eigenvalue weighted by molar-refractivity contribution is 9.10. The Hall–Kier alpha value is -2.70. The van der Waals surface area contributed by atoms with Gasteiger partial charge in [0.15, 0.2) is 5.76 Å². The van der Waals surface area contributed by atoms with Crippen LogP contribution in [0, 0.1) is 0 Å². The summed E-state index contributed by atoms with van der Waals surface area (Å²) in [5, 5.41) is 4.95. The predicted molar refractivity (Wildman–Crippen MR) is 111 cm³/mol. The van der Waals surface area contributed by atoms with Gasteiger partial charge in [-0.1, -0.05) is 42.5 Å². The molecule has 0 radical (unpaired) electrons. The van der Waals surface area contributed by atoms with Crippen molar-refractivity contribution in [2.75, 3.05) is 0 Å². The number of carbonyl (C=O) groups is 1. The number of aromatic nitrogens is 1. The quantitative estimate of drug-likeness (QED) is 0.430. The van der Waals surface area contributed by atoms with E-state index in [-0.39, 0.29) is 5.91 Å². The van der Waals surface area contributed by atoms with Crippen LogP contribution in [0.3, 0.4) is 0 Å². The molecule has 0 bridgehead atoms. The molecular formula is C21H15BrN2O2S. The van der Waals surface area contributed by atoms with Crippen molar-refractivity contribution in [3.63, 3.8) is 0 Å². The predicted octanol–water partition coefficient (Wildman–Crippen LogP) is 5.76. The Morgan fingerprint density at radius 2 is 1.85 bits per heavy atom. The van der Waals surface area contributed by atoms with E-state index in [1.165, 1.54) is 0 Å². The van der Waals surface area contributed by atoms with Gasteiger partial charge < -0.3 is 9.73 Å². The Balaban J connectivity index is 1.59. The maximum atomic E-state index is 12.7. The number of halogens is 1. The molecule has 1 N–H and O–H groups in total. The summed E-state index contributed by atoms with van der Waals surface area (Å²) >= 11 is 5.08. The molecule has 4 rings (SSSR count). The van der Waals surface area contributed by atoms with E-state index in [0.29, 0.717) is 29.3 Å². The Bertz CT molecular complexity index is 1070. The molecule has 4 aromatic rings. The SMILES string of the molecule is O=C(NCc1sccc1Br)c1ccccc1-c1ncc(-c2ccccc2)o1. The van der Waals surface area contributed by atoms with Gasteiger partial charge in [-0.3, -0.25) is 4.79 Å². The third-order valence-electron chi connectivity index (χ3n) is 4.07. The molecular weight excluding hydrogens is 424 g/mol. The van der Waals surface area contributed by atoms with Gasteiger partial charge >= 0.3 is 0 Å². The van der Waals surface area contributed by atoms with Crippen LogP contribution in [-0.2, 0) is 6.54 Å². The Morgan fingerprint density at radius 1 is 1.07 bits per heavy atom. The van der Waals surface area contributed by atoms with E-state index in [1.807, 2.05) is 60.0 Å². The Morgan fingerprint density at radius 3 is 2.63 bits per heavy atom. The van der Waals surface area contributed by atoms with Crippen LogP contribution in [0.15, 0.2) is 81.1 Å². The Labute approximate surface area is 169 Å². The zero-order chi connectivity index (χ0) is 18.6. The van der Waals surface area contributed by atoms with Gasteiger partial charge in [0.1, 0.15) is 0 Å². The van der Waals surface area contributed by atoms with E-state index < -0.39 is 0 Å². The molecule has 2 aromatic carbocycles. The Kier molecular flexibility index (Phi) is 5.18. The van der Waals surface area contributed by atoms with Crippen LogP contribution < -0.4 is 5.32 Å². The van der Waals surface area contributed by atoms with Crippen LogP contribution in [0.25, 0.3) is 22.8 Å². The van der Waals surface area contributed by atoms with E-state index in [4.69, 9.17) is 4.42 Å². The van der Waals surface area contributed by atoms with Crippen molar-refractivity contribution in [1.82, 2.24) is 10.3 Å². The highest BCUT2D eigenvalue weighted by Crippen LogP contribution is 2.28. The van der Waals surface area contributed by atoms with E-state index in [1.54, 1.807) is 23.6 Å². The van der Waals surface area contributed by atoms with Gasteiger partial charge in [-0.15, -0.1) is 11.3 Å². The molecule has 0 spiro atoms. The van der Waals surface area contributed by atoms with Crippen molar-refractivity contribution in [2.24, 2.45) is 0 Å². The van der Waals surface area contributed by atoms with Crippen LogP contribution in [0.4, 0.5) is 0 Å². The summed E-state index contributed by atoms with van der Waals surface area (Å²) in [7, 11) is 0. The molecule has 134 valence electrons. The number of rotatable bonds is 5. The topological polar surface area (TPSA) is 55.1 Å². The molecule has 2 aromatic heterocycles. The smallest absolute Gasteiger partial charge is 0.252 e. The first-order chi connectivity index (χ1) is 13.2. The van der Waals surface area contributed by atoms with Gasteiger partial charge in [-0.25, -0.2) is 4.98 Å². The molecule has 0 aliphatic rings. The van der Waals surface area contributed by atoms with Gasteiger partial charge in [0, 0.05) is 20.5 Å². The minimum absolute atomic E-state index is 0.162. The number of nitrogens with one attached hydrogen (secondary N) is 1.